The molecule has 0 saturated carbocycles. The summed E-state index contributed by atoms with van der Waals surface area (Å²) in [5.74, 6) is 0. The minimum atomic E-state index is -0.250. The molecule has 1 saturated heterocycles. The van der Waals surface area contributed by atoms with Crippen molar-refractivity contribution in [3.63, 3.8) is 0 Å². The second-order valence-electron chi connectivity index (χ2n) is 7.96. The molecule has 3 N–H and O–H groups in total. The van der Waals surface area contributed by atoms with Crippen molar-refractivity contribution in [1.29, 1.82) is 0 Å². The predicted molar refractivity (Wildman–Crippen MR) is 116 cm³/mol. The zero-order valence-corrected chi connectivity index (χ0v) is 16.6. The van der Waals surface area contributed by atoms with E-state index in [1.54, 1.807) is 6.20 Å². The van der Waals surface area contributed by atoms with Crippen molar-refractivity contribution in [2.75, 3.05) is 28.3 Å². The maximum Gasteiger partial charge on any atom is 0.338 e. The molecular weight excluding hydrogens is 364 g/mol. The highest BCUT2D eigenvalue weighted by Gasteiger charge is 2.24. The number of carbonyl (C=O) groups is 1. The van der Waals surface area contributed by atoms with E-state index in [1.165, 1.54) is 30.5 Å². The second-order valence-corrected chi connectivity index (χ2v) is 7.96. The van der Waals surface area contributed by atoms with Gasteiger partial charge in [0.2, 0.25) is 0 Å². The van der Waals surface area contributed by atoms with Crippen LogP contribution in [-0.2, 0) is 6.42 Å². The van der Waals surface area contributed by atoms with E-state index >= 15 is 0 Å². The van der Waals surface area contributed by atoms with Crippen molar-refractivity contribution in [2.24, 2.45) is 0 Å². The third-order valence-electron chi connectivity index (χ3n) is 6.06. The minimum Gasteiger partial charge on any atom is -0.369 e. The third kappa shape index (κ3) is 3.37. The summed E-state index contributed by atoms with van der Waals surface area (Å²) in [5, 5.41) is 12.7. The summed E-state index contributed by atoms with van der Waals surface area (Å²) in [6, 6.07) is 12.7. The van der Waals surface area contributed by atoms with Gasteiger partial charge in [-0.1, -0.05) is 6.07 Å². The van der Waals surface area contributed by atoms with E-state index in [0.717, 1.165) is 41.8 Å². The molecule has 1 unspecified atom stereocenters. The molecule has 3 aromatic rings. The largest absolute Gasteiger partial charge is 0.369 e. The van der Waals surface area contributed by atoms with Crippen LogP contribution < -0.4 is 20.7 Å². The molecule has 2 amide bonds. The molecule has 7 heteroatoms. The van der Waals surface area contributed by atoms with Gasteiger partial charge in [0.1, 0.15) is 0 Å². The number of H-pyrrole nitrogens is 1. The van der Waals surface area contributed by atoms with Crippen molar-refractivity contribution in [2.45, 2.75) is 38.6 Å². The molecule has 2 aromatic carbocycles. The fraction of sp³-hybridized carbons (Fsp3) is 0.364. The van der Waals surface area contributed by atoms with E-state index in [1.807, 2.05) is 23.2 Å². The van der Waals surface area contributed by atoms with E-state index in [2.05, 4.69) is 51.0 Å². The highest BCUT2D eigenvalue weighted by atomic mass is 16.2. The molecule has 5 rings (SSSR count). The third-order valence-corrected chi connectivity index (χ3v) is 6.06. The highest BCUT2D eigenvalue weighted by Crippen LogP contribution is 2.33. The van der Waals surface area contributed by atoms with Gasteiger partial charge < -0.3 is 10.2 Å². The number of hydrazine groups is 1. The number of carbonyl (C=O) groups excluding carboxylic acids is 1. The number of fused-ring (bicyclic) bond motifs is 2. The molecule has 2 aliphatic rings. The van der Waals surface area contributed by atoms with Crippen molar-refractivity contribution in [3.05, 3.63) is 48.2 Å². The Morgan fingerprint density at radius 2 is 2.14 bits per heavy atom. The van der Waals surface area contributed by atoms with Crippen LogP contribution in [0.25, 0.3) is 10.9 Å². The van der Waals surface area contributed by atoms with Crippen LogP contribution in [0.3, 0.4) is 0 Å². The maximum absolute atomic E-state index is 12.6. The quantitative estimate of drug-likeness (QED) is 0.631. The fourth-order valence-electron chi connectivity index (χ4n) is 4.51. The Labute approximate surface area is 170 Å². The number of nitrogens with one attached hydrogen (secondary N) is 3. The number of nitrogens with zero attached hydrogens (tertiary/aromatic N) is 3. The lowest BCUT2D eigenvalue weighted by atomic mass is 10.0. The number of urea groups is 1. The number of amides is 2. The van der Waals surface area contributed by atoms with Crippen molar-refractivity contribution in [3.8, 4) is 0 Å². The van der Waals surface area contributed by atoms with Crippen LogP contribution >= 0.6 is 0 Å². The number of rotatable bonds is 3. The molecule has 1 atom stereocenters. The molecule has 3 heterocycles. The lowest BCUT2D eigenvalue weighted by Gasteiger charge is -2.35. The van der Waals surface area contributed by atoms with Crippen molar-refractivity contribution >= 4 is 34.0 Å². The van der Waals surface area contributed by atoms with Crippen LogP contribution in [0.15, 0.2) is 42.6 Å². The van der Waals surface area contributed by atoms with Gasteiger partial charge in [-0.2, -0.15) is 5.10 Å². The minimum absolute atomic E-state index is 0.250. The molecule has 0 bridgehead atoms. The first-order valence-corrected chi connectivity index (χ1v) is 10.4. The summed E-state index contributed by atoms with van der Waals surface area (Å²) in [6.07, 6.45) is 6.50. The van der Waals surface area contributed by atoms with Crippen molar-refractivity contribution < 1.29 is 4.79 Å². The number of aromatic amines is 1. The maximum atomic E-state index is 12.6. The number of anilines is 3. The summed E-state index contributed by atoms with van der Waals surface area (Å²) in [6.45, 7) is 4.21. The zero-order chi connectivity index (χ0) is 19.8. The first-order valence-electron chi connectivity index (χ1n) is 10.4. The molecule has 1 fully saturated rings. The standard InChI is InChI=1S/C22H26N6O/c1-15-5-2-3-11-27(15)17-8-9-21-16(13-17)10-12-28(21)26-22(29)24-19-6-4-7-20-18(19)14-23-25-20/h4,6-9,13-15H,2-3,5,10-12H2,1H3,(H,23,25)(H2,24,26,29). The molecule has 0 radical (unpaired) electrons. The van der Waals surface area contributed by atoms with Gasteiger partial charge in [0.25, 0.3) is 0 Å². The van der Waals surface area contributed by atoms with Gasteiger partial charge in [-0.3, -0.25) is 10.1 Å². The van der Waals surface area contributed by atoms with Crippen LogP contribution in [0.5, 0.6) is 0 Å². The summed E-state index contributed by atoms with van der Waals surface area (Å²) in [5.41, 5.74) is 8.29. The van der Waals surface area contributed by atoms with Crippen LogP contribution in [0.4, 0.5) is 21.9 Å². The molecule has 2 aliphatic heterocycles. The first kappa shape index (κ1) is 17.8. The van der Waals surface area contributed by atoms with Crippen LogP contribution in [0, 0.1) is 0 Å². The van der Waals surface area contributed by atoms with Crippen molar-refractivity contribution in [1.82, 2.24) is 15.6 Å². The van der Waals surface area contributed by atoms with E-state index in [4.69, 9.17) is 0 Å². The molecule has 150 valence electrons. The normalized spacial score (nSPS) is 18.7. The Morgan fingerprint density at radius 1 is 1.21 bits per heavy atom. The summed E-state index contributed by atoms with van der Waals surface area (Å²) >= 11 is 0. The molecule has 0 aliphatic carbocycles. The average molecular weight is 390 g/mol. The van der Waals surface area contributed by atoms with Crippen LogP contribution in [-0.4, -0.2) is 35.4 Å². The van der Waals surface area contributed by atoms with E-state index in [-0.39, 0.29) is 6.03 Å². The second kappa shape index (κ2) is 7.31. The van der Waals surface area contributed by atoms with Gasteiger partial charge in [0.05, 0.1) is 23.1 Å². The van der Waals surface area contributed by atoms with Gasteiger partial charge in [0.15, 0.2) is 0 Å². The number of piperidine rings is 1. The van der Waals surface area contributed by atoms with Gasteiger partial charge in [-0.15, -0.1) is 0 Å². The monoisotopic (exact) mass is 390 g/mol. The molecular formula is C22H26N6O. The summed E-state index contributed by atoms with van der Waals surface area (Å²) in [7, 11) is 0. The number of hydrogen-bond acceptors (Lipinski definition) is 4. The lowest BCUT2D eigenvalue weighted by Crippen LogP contribution is -2.43. The summed E-state index contributed by atoms with van der Waals surface area (Å²) < 4.78 is 0. The number of aromatic nitrogens is 2. The Morgan fingerprint density at radius 3 is 3.03 bits per heavy atom. The Balaban J connectivity index is 1.29. The highest BCUT2D eigenvalue weighted by molar-refractivity contribution is 6.00. The lowest BCUT2D eigenvalue weighted by molar-refractivity contribution is 0.251. The first-order chi connectivity index (χ1) is 14.2. The fourth-order valence-corrected chi connectivity index (χ4v) is 4.51. The number of hydrogen-bond donors (Lipinski definition) is 3. The topological polar surface area (TPSA) is 76.3 Å². The van der Waals surface area contributed by atoms with Gasteiger partial charge >= 0.3 is 6.03 Å². The van der Waals surface area contributed by atoms with E-state index in [9.17, 15) is 4.79 Å². The number of benzene rings is 2. The molecule has 7 nitrogen and oxygen atoms in total. The molecule has 0 spiro atoms. The average Bonchev–Trinajstić information content (AvgIpc) is 3.36. The SMILES string of the molecule is CC1CCCCN1c1ccc2c(c1)CCN2NC(=O)Nc1cccc2[nH]ncc12. The summed E-state index contributed by atoms with van der Waals surface area (Å²) in [4.78, 5) is 15.1. The van der Waals surface area contributed by atoms with E-state index in [0.29, 0.717) is 6.04 Å². The predicted octanol–water partition coefficient (Wildman–Crippen LogP) is 4.04. The van der Waals surface area contributed by atoms with Gasteiger partial charge in [-0.25, -0.2) is 10.2 Å². The molecule has 1 aromatic heterocycles. The smallest absolute Gasteiger partial charge is 0.338 e. The Hall–Kier alpha value is -3.22. The van der Waals surface area contributed by atoms with Gasteiger partial charge in [-0.05, 0) is 68.5 Å². The van der Waals surface area contributed by atoms with Gasteiger partial charge in [0, 0.05) is 30.2 Å². The van der Waals surface area contributed by atoms with Crippen LogP contribution in [0.1, 0.15) is 31.7 Å². The zero-order valence-electron chi connectivity index (χ0n) is 16.6. The van der Waals surface area contributed by atoms with E-state index < -0.39 is 0 Å². The Kier molecular flexibility index (Phi) is 4.50. The molecule has 29 heavy (non-hydrogen) atoms. The van der Waals surface area contributed by atoms with Crippen LogP contribution in [0.2, 0.25) is 0 Å². The Bertz CT molecular complexity index is 1040.